The largest absolute Gasteiger partial charge is 0.356 e. The van der Waals surface area contributed by atoms with Gasteiger partial charge < -0.3 is 20.9 Å². The quantitative estimate of drug-likeness (QED) is 0.267. The molecule has 0 aliphatic rings. The van der Waals surface area contributed by atoms with Crippen molar-refractivity contribution in [1.82, 2.24) is 20.9 Å². The van der Waals surface area contributed by atoms with Crippen molar-refractivity contribution in [3.8, 4) is 0 Å². The number of halogens is 2. The summed E-state index contributed by atoms with van der Waals surface area (Å²) in [5.74, 6) is 0.372. The van der Waals surface area contributed by atoms with Crippen LogP contribution in [0.1, 0.15) is 21.5 Å². The second-order valence-electron chi connectivity index (χ2n) is 6.99. The monoisotopic (exact) mass is 527 g/mol. The molecule has 0 atom stereocenters. The number of nitrogens with one attached hydrogen (secondary N) is 3. The van der Waals surface area contributed by atoms with Gasteiger partial charge in [-0.2, -0.15) is 0 Å². The molecule has 0 aliphatic heterocycles. The normalized spacial score (nSPS) is 11.0. The van der Waals surface area contributed by atoms with Gasteiger partial charge in [0.2, 0.25) is 0 Å². The second kappa shape index (κ2) is 13.9. The molecule has 0 saturated carbocycles. The van der Waals surface area contributed by atoms with E-state index in [0.29, 0.717) is 31.2 Å². The highest BCUT2D eigenvalue weighted by Gasteiger charge is 2.06. The van der Waals surface area contributed by atoms with E-state index in [0.717, 1.165) is 24.1 Å². The van der Waals surface area contributed by atoms with Gasteiger partial charge in [0.25, 0.3) is 5.91 Å². The van der Waals surface area contributed by atoms with E-state index < -0.39 is 0 Å². The molecule has 0 spiro atoms. The lowest BCUT2D eigenvalue weighted by Gasteiger charge is -2.13. The Balaban J connectivity index is 0.00000450. The van der Waals surface area contributed by atoms with Crippen molar-refractivity contribution in [3.63, 3.8) is 0 Å². The van der Waals surface area contributed by atoms with Crippen LogP contribution in [0.2, 0.25) is 0 Å². The highest BCUT2D eigenvalue weighted by atomic mass is 127. The molecule has 0 aliphatic carbocycles. The summed E-state index contributed by atoms with van der Waals surface area (Å²) in [4.78, 5) is 18.5. The van der Waals surface area contributed by atoms with Crippen LogP contribution in [0.15, 0.2) is 53.5 Å². The van der Waals surface area contributed by atoms with Gasteiger partial charge in [-0.1, -0.05) is 24.3 Å². The molecule has 1 amide bonds. The molecule has 0 unspecified atom stereocenters. The summed E-state index contributed by atoms with van der Waals surface area (Å²) in [7, 11) is 5.65. The Morgan fingerprint density at radius 3 is 2.40 bits per heavy atom. The molecular weight excluding hydrogens is 496 g/mol. The maximum atomic E-state index is 13.0. The van der Waals surface area contributed by atoms with Crippen LogP contribution in [-0.4, -0.2) is 57.5 Å². The van der Waals surface area contributed by atoms with Gasteiger partial charge in [-0.05, 0) is 55.9 Å². The van der Waals surface area contributed by atoms with E-state index in [9.17, 15) is 9.18 Å². The number of guanidine groups is 1. The van der Waals surface area contributed by atoms with E-state index in [-0.39, 0.29) is 35.7 Å². The van der Waals surface area contributed by atoms with Crippen LogP contribution in [-0.2, 0) is 13.0 Å². The van der Waals surface area contributed by atoms with E-state index >= 15 is 0 Å². The Bertz CT molecular complexity index is 811. The minimum atomic E-state index is -0.229. The third-order valence-electron chi connectivity index (χ3n) is 4.34. The smallest absolute Gasteiger partial charge is 0.251 e. The Labute approximate surface area is 195 Å². The van der Waals surface area contributed by atoms with Crippen LogP contribution in [0, 0.1) is 5.82 Å². The maximum Gasteiger partial charge on any atom is 0.251 e. The van der Waals surface area contributed by atoms with Crippen LogP contribution in [0.25, 0.3) is 0 Å². The number of amides is 1. The predicted molar refractivity (Wildman–Crippen MR) is 131 cm³/mol. The topological polar surface area (TPSA) is 68.8 Å². The number of benzene rings is 2. The number of likely N-dealkylation sites (N-methyl/N-ethyl adjacent to an activating group) is 1. The fourth-order valence-electron chi connectivity index (χ4n) is 2.70. The summed E-state index contributed by atoms with van der Waals surface area (Å²) in [6, 6.07) is 14.0. The lowest BCUT2D eigenvalue weighted by molar-refractivity contribution is 0.0951. The average Bonchev–Trinajstić information content (AvgIpc) is 2.71. The zero-order chi connectivity index (χ0) is 21.1. The van der Waals surface area contributed by atoms with E-state index in [2.05, 4.69) is 20.9 Å². The summed E-state index contributed by atoms with van der Waals surface area (Å²) < 4.78 is 13.0. The first kappa shape index (κ1) is 25.8. The molecule has 0 saturated heterocycles. The van der Waals surface area contributed by atoms with Gasteiger partial charge in [0, 0.05) is 38.8 Å². The molecule has 2 aromatic carbocycles. The molecule has 2 rings (SSSR count). The first-order valence-corrected chi connectivity index (χ1v) is 9.69. The van der Waals surface area contributed by atoms with Gasteiger partial charge in [0.1, 0.15) is 5.82 Å². The Morgan fingerprint density at radius 1 is 1.00 bits per heavy atom. The summed E-state index contributed by atoms with van der Waals surface area (Å²) in [5, 5.41) is 9.41. The number of rotatable bonds is 9. The number of carbonyl (C=O) groups is 1. The number of hydrogen-bond donors (Lipinski definition) is 3. The van der Waals surface area contributed by atoms with Gasteiger partial charge in [-0.3, -0.25) is 9.79 Å². The summed E-state index contributed by atoms with van der Waals surface area (Å²) in [6.07, 6.45) is 0.767. The van der Waals surface area contributed by atoms with Crippen molar-refractivity contribution >= 4 is 35.8 Å². The standard InChI is InChI=1S/C22H30FN5O.HI/c1-24-22(26-12-11-17-7-9-20(23)10-8-17)27-16-18-5-4-6-19(15-18)21(29)25-13-14-28(2)3;/h4-10,15H,11-14,16H2,1-3H3,(H,25,29)(H2,24,26,27);1H. The zero-order valence-corrected chi connectivity index (χ0v) is 20.1. The fraction of sp³-hybridized carbons (Fsp3) is 0.364. The van der Waals surface area contributed by atoms with Crippen LogP contribution < -0.4 is 16.0 Å². The van der Waals surface area contributed by atoms with E-state index in [4.69, 9.17) is 0 Å². The lowest BCUT2D eigenvalue weighted by atomic mass is 10.1. The van der Waals surface area contributed by atoms with Crippen molar-refractivity contribution in [2.75, 3.05) is 40.8 Å². The first-order chi connectivity index (χ1) is 14.0. The molecule has 0 radical (unpaired) electrons. The van der Waals surface area contributed by atoms with Crippen molar-refractivity contribution < 1.29 is 9.18 Å². The molecule has 8 heteroatoms. The van der Waals surface area contributed by atoms with E-state index in [1.165, 1.54) is 12.1 Å². The van der Waals surface area contributed by atoms with Crippen LogP contribution in [0.3, 0.4) is 0 Å². The van der Waals surface area contributed by atoms with E-state index in [1.54, 1.807) is 19.2 Å². The van der Waals surface area contributed by atoms with Crippen molar-refractivity contribution in [2.24, 2.45) is 4.99 Å². The first-order valence-electron chi connectivity index (χ1n) is 9.69. The van der Waals surface area contributed by atoms with Crippen LogP contribution >= 0.6 is 24.0 Å². The predicted octanol–water partition coefficient (Wildman–Crippen LogP) is 2.64. The van der Waals surface area contributed by atoms with Gasteiger partial charge in [-0.15, -0.1) is 24.0 Å². The number of aliphatic imine (C=N–C) groups is 1. The fourth-order valence-corrected chi connectivity index (χ4v) is 2.70. The molecule has 0 heterocycles. The Kier molecular flexibility index (Phi) is 12.0. The molecular formula is C22H31FIN5O. The molecule has 164 valence electrons. The highest BCUT2D eigenvalue weighted by molar-refractivity contribution is 14.0. The second-order valence-corrected chi connectivity index (χ2v) is 6.99. The van der Waals surface area contributed by atoms with Crippen molar-refractivity contribution in [2.45, 2.75) is 13.0 Å². The van der Waals surface area contributed by atoms with Gasteiger partial charge in [-0.25, -0.2) is 4.39 Å². The van der Waals surface area contributed by atoms with Gasteiger partial charge >= 0.3 is 0 Å². The third kappa shape index (κ3) is 9.53. The summed E-state index contributed by atoms with van der Waals surface area (Å²) in [6.45, 7) is 2.64. The number of carbonyl (C=O) groups excluding carboxylic acids is 1. The Morgan fingerprint density at radius 2 is 1.73 bits per heavy atom. The molecule has 6 nitrogen and oxygen atoms in total. The third-order valence-corrected chi connectivity index (χ3v) is 4.34. The van der Waals surface area contributed by atoms with Crippen molar-refractivity contribution in [1.29, 1.82) is 0 Å². The molecule has 30 heavy (non-hydrogen) atoms. The molecule has 0 bridgehead atoms. The maximum absolute atomic E-state index is 13.0. The molecule has 0 aromatic heterocycles. The lowest BCUT2D eigenvalue weighted by Crippen LogP contribution is -2.38. The molecule has 0 fully saturated rings. The number of hydrogen-bond acceptors (Lipinski definition) is 3. The minimum Gasteiger partial charge on any atom is -0.356 e. The summed E-state index contributed by atoms with van der Waals surface area (Å²) in [5.41, 5.74) is 2.69. The van der Waals surface area contributed by atoms with Gasteiger partial charge in [0.05, 0.1) is 0 Å². The van der Waals surface area contributed by atoms with E-state index in [1.807, 2.05) is 43.3 Å². The van der Waals surface area contributed by atoms with Crippen LogP contribution in [0.5, 0.6) is 0 Å². The van der Waals surface area contributed by atoms with Crippen molar-refractivity contribution in [3.05, 3.63) is 71.0 Å². The highest BCUT2D eigenvalue weighted by Crippen LogP contribution is 2.05. The molecule has 2 aromatic rings. The van der Waals surface area contributed by atoms with Gasteiger partial charge in [0.15, 0.2) is 5.96 Å². The SMILES string of the molecule is CN=C(NCCc1ccc(F)cc1)NCc1cccc(C(=O)NCCN(C)C)c1.I. The number of nitrogens with zero attached hydrogens (tertiary/aromatic N) is 2. The Hall–Kier alpha value is -2.20. The zero-order valence-electron chi connectivity index (χ0n) is 17.7. The van der Waals surface area contributed by atoms with Crippen LogP contribution in [0.4, 0.5) is 4.39 Å². The minimum absolute atomic E-state index is 0. The molecule has 3 N–H and O–H groups in total. The average molecular weight is 527 g/mol. The summed E-state index contributed by atoms with van der Waals surface area (Å²) >= 11 is 0.